The number of nitrogens with one attached hydrogen (secondary N) is 2. The summed E-state index contributed by atoms with van der Waals surface area (Å²) in [6, 6.07) is 15.0. The van der Waals surface area contributed by atoms with E-state index >= 15 is 0 Å². The van der Waals surface area contributed by atoms with Crippen LogP contribution in [-0.2, 0) is 9.59 Å². The van der Waals surface area contributed by atoms with Gasteiger partial charge >= 0.3 is 0 Å². The zero-order chi connectivity index (χ0) is 21.8. The molecule has 0 unspecified atom stereocenters. The number of nitrogens with zero attached hydrogens (tertiary/aromatic N) is 1. The Morgan fingerprint density at radius 3 is 2.65 bits per heavy atom. The minimum Gasteiger partial charge on any atom is -0.497 e. The van der Waals surface area contributed by atoms with Crippen LogP contribution in [0.2, 0.25) is 0 Å². The summed E-state index contributed by atoms with van der Waals surface area (Å²) in [5.41, 5.74) is 1.11. The van der Waals surface area contributed by atoms with Crippen LogP contribution in [0.25, 0.3) is 0 Å². The van der Waals surface area contributed by atoms with Crippen LogP contribution in [0.5, 0.6) is 5.75 Å². The molecule has 2 aromatic rings. The molecule has 2 N–H and O–H groups in total. The highest BCUT2D eigenvalue weighted by atomic mass is 16.5. The summed E-state index contributed by atoms with van der Waals surface area (Å²) in [4.78, 5) is 40.9. The van der Waals surface area contributed by atoms with Gasteiger partial charge in [-0.25, -0.2) is 0 Å². The Hall–Kier alpha value is -3.35. The van der Waals surface area contributed by atoms with Gasteiger partial charge < -0.3 is 20.3 Å². The summed E-state index contributed by atoms with van der Waals surface area (Å²) < 4.78 is 5.19. The molecule has 1 saturated carbocycles. The number of benzene rings is 2. The largest absolute Gasteiger partial charge is 0.497 e. The van der Waals surface area contributed by atoms with E-state index in [1.807, 2.05) is 6.07 Å². The van der Waals surface area contributed by atoms with Crippen LogP contribution < -0.4 is 15.4 Å². The highest BCUT2D eigenvalue weighted by Gasteiger charge is 2.46. The lowest BCUT2D eigenvalue weighted by Gasteiger charge is -2.48. The second-order valence-electron chi connectivity index (χ2n) is 8.05. The van der Waals surface area contributed by atoms with E-state index in [0.717, 1.165) is 25.7 Å². The highest BCUT2D eigenvalue weighted by molar-refractivity contribution is 6.01. The van der Waals surface area contributed by atoms with Crippen molar-refractivity contribution in [2.75, 3.05) is 12.4 Å². The quantitative estimate of drug-likeness (QED) is 0.777. The van der Waals surface area contributed by atoms with Gasteiger partial charge in [0.15, 0.2) is 0 Å². The molecule has 31 heavy (non-hydrogen) atoms. The Labute approximate surface area is 181 Å². The van der Waals surface area contributed by atoms with E-state index in [1.54, 1.807) is 60.5 Å². The molecule has 1 heterocycles. The molecule has 0 radical (unpaired) electrons. The van der Waals surface area contributed by atoms with Crippen molar-refractivity contribution in [1.29, 1.82) is 0 Å². The number of hydrogen-bond acceptors (Lipinski definition) is 4. The molecule has 0 bridgehead atoms. The predicted octanol–water partition coefficient (Wildman–Crippen LogP) is 2.98. The fourth-order valence-electron chi connectivity index (χ4n) is 4.55. The van der Waals surface area contributed by atoms with Crippen molar-refractivity contribution in [3.8, 4) is 5.75 Å². The Balaban J connectivity index is 1.57. The molecular formula is C24H27N3O4. The molecule has 2 aliphatic rings. The topological polar surface area (TPSA) is 87.7 Å². The smallest absolute Gasteiger partial charge is 0.254 e. The second kappa shape index (κ2) is 9.20. The lowest BCUT2D eigenvalue weighted by atomic mass is 9.84. The standard InChI is InChI=1S/C24H27N3O4/c1-31-18-11-7-10-17(14-18)25-22(28)15-21-23(29)26-19-12-5-6-13-20(19)27(21)24(30)16-8-3-2-4-9-16/h2-4,7-11,14,19-21H,5-6,12-13,15H2,1H3,(H,25,28)(H,26,29)/t19-,20+,21-/m0/s1. The number of carbonyl (C=O) groups excluding carboxylic acids is 3. The van der Waals surface area contributed by atoms with Crippen molar-refractivity contribution in [3.05, 3.63) is 60.2 Å². The molecule has 0 spiro atoms. The minimum atomic E-state index is -0.849. The third-order valence-corrected chi connectivity index (χ3v) is 6.04. The first-order valence-electron chi connectivity index (χ1n) is 10.7. The molecule has 1 saturated heterocycles. The van der Waals surface area contributed by atoms with Crippen molar-refractivity contribution < 1.29 is 19.1 Å². The van der Waals surface area contributed by atoms with Crippen molar-refractivity contribution in [2.45, 2.75) is 50.2 Å². The molecule has 3 amide bonds. The molecule has 0 aromatic heterocycles. The Morgan fingerprint density at radius 2 is 1.87 bits per heavy atom. The van der Waals surface area contributed by atoms with Gasteiger partial charge in [0.05, 0.1) is 19.6 Å². The van der Waals surface area contributed by atoms with Crippen LogP contribution in [0, 0.1) is 0 Å². The Kier molecular flexibility index (Phi) is 6.21. The van der Waals surface area contributed by atoms with Gasteiger partial charge in [0.2, 0.25) is 11.8 Å². The molecule has 2 aromatic carbocycles. The SMILES string of the molecule is COc1cccc(NC(=O)C[C@H]2C(=O)N[C@H]3CCCC[C@H]3N2C(=O)c2ccccc2)c1. The number of piperazine rings is 1. The van der Waals surface area contributed by atoms with E-state index in [-0.39, 0.29) is 36.2 Å². The van der Waals surface area contributed by atoms with Gasteiger partial charge in [-0.05, 0) is 37.1 Å². The summed E-state index contributed by atoms with van der Waals surface area (Å²) in [5.74, 6) is -0.174. The molecule has 162 valence electrons. The van der Waals surface area contributed by atoms with Gasteiger partial charge in [-0.1, -0.05) is 37.1 Å². The minimum absolute atomic E-state index is 0.0633. The van der Waals surface area contributed by atoms with Gasteiger partial charge in [-0.2, -0.15) is 0 Å². The third kappa shape index (κ3) is 4.55. The zero-order valence-corrected chi connectivity index (χ0v) is 17.5. The highest BCUT2D eigenvalue weighted by Crippen LogP contribution is 2.31. The van der Waals surface area contributed by atoms with Crippen molar-refractivity contribution in [3.63, 3.8) is 0 Å². The Morgan fingerprint density at radius 1 is 1.10 bits per heavy atom. The monoisotopic (exact) mass is 421 g/mol. The number of ether oxygens (including phenoxy) is 1. The molecular weight excluding hydrogens is 394 g/mol. The summed E-state index contributed by atoms with van der Waals surface area (Å²) in [6.07, 6.45) is 3.58. The summed E-state index contributed by atoms with van der Waals surface area (Å²) >= 11 is 0. The number of anilines is 1. The third-order valence-electron chi connectivity index (χ3n) is 6.04. The second-order valence-corrected chi connectivity index (χ2v) is 8.05. The molecule has 7 nitrogen and oxygen atoms in total. The van der Waals surface area contributed by atoms with E-state index in [2.05, 4.69) is 10.6 Å². The van der Waals surface area contributed by atoms with E-state index < -0.39 is 6.04 Å². The lowest BCUT2D eigenvalue weighted by Crippen LogP contribution is -2.68. The van der Waals surface area contributed by atoms with Gasteiger partial charge in [0, 0.05) is 23.4 Å². The fourth-order valence-corrected chi connectivity index (χ4v) is 4.55. The number of rotatable bonds is 5. The molecule has 4 rings (SSSR count). The first-order chi connectivity index (χ1) is 15.1. The first-order valence-corrected chi connectivity index (χ1v) is 10.7. The average Bonchev–Trinajstić information content (AvgIpc) is 2.80. The summed E-state index contributed by atoms with van der Waals surface area (Å²) in [6.45, 7) is 0. The summed E-state index contributed by atoms with van der Waals surface area (Å²) in [5, 5.41) is 5.88. The van der Waals surface area contributed by atoms with Crippen molar-refractivity contribution >= 4 is 23.4 Å². The van der Waals surface area contributed by atoms with Gasteiger partial charge in [-0.15, -0.1) is 0 Å². The summed E-state index contributed by atoms with van der Waals surface area (Å²) in [7, 11) is 1.56. The molecule has 2 fully saturated rings. The molecule has 1 aliphatic heterocycles. The van der Waals surface area contributed by atoms with E-state index in [1.165, 1.54) is 0 Å². The number of hydrogen-bond donors (Lipinski definition) is 2. The van der Waals surface area contributed by atoms with Gasteiger partial charge in [0.1, 0.15) is 11.8 Å². The van der Waals surface area contributed by atoms with Crippen LogP contribution in [0.3, 0.4) is 0 Å². The number of carbonyl (C=O) groups is 3. The van der Waals surface area contributed by atoms with Crippen LogP contribution in [0.4, 0.5) is 5.69 Å². The maximum atomic E-state index is 13.4. The molecule has 3 atom stereocenters. The van der Waals surface area contributed by atoms with Crippen LogP contribution in [0.1, 0.15) is 42.5 Å². The zero-order valence-electron chi connectivity index (χ0n) is 17.5. The van der Waals surface area contributed by atoms with Crippen molar-refractivity contribution in [1.82, 2.24) is 10.2 Å². The number of amides is 3. The van der Waals surface area contributed by atoms with E-state index in [9.17, 15) is 14.4 Å². The van der Waals surface area contributed by atoms with Crippen LogP contribution in [-0.4, -0.2) is 47.9 Å². The van der Waals surface area contributed by atoms with Gasteiger partial charge in [0.25, 0.3) is 5.91 Å². The van der Waals surface area contributed by atoms with E-state index in [0.29, 0.717) is 17.0 Å². The maximum absolute atomic E-state index is 13.4. The predicted molar refractivity (Wildman–Crippen MR) is 117 cm³/mol. The van der Waals surface area contributed by atoms with Crippen molar-refractivity contribution in [2.24, 2.45) is 0 Å². The molecule has 1 aliphatic carbocycles. The first kappa shape index (κ1) is 20.9. The fraction of sp³-hybridized carbons (Fsp3) is 0.375. The normalized spacial score (nSPS) is 22.8. The maximum Gasteiger partial charge on any atom is 0.254 e. The Bertz CT molecular complexity index is 962. The number of methoxy groups -OCH3 is 1. The number of fused-ring (bicyclic) bond motifs is 1. The van der Waals surface area contributed by atoms with Crippen LogP contribution >= 0.6 is 0 Å². The average molecular weight is 421 g/mol. The van der Waals surface area contributed by atoms with E-state index in [4.69, 9.17) is 4.74 Å². The molecule has 7 heteroatoms. The lowest BCUT2D eigenvalue weighted by molar-refractivity contribution is -0.135. The van der Waals surface area contributed by atoms with Crippen LogP contribution in [0.15, 0.2) is 54.6 Å². The van der Waals surface area contributed by atoms with Gasteiger partial charge in [-0.3, -0.25) is 14.4 Å².